The van der Waals surface area contributed by atoms with Gasteiger partial charge in [-0.3, -0.25) is 4.99 Å². The van der Waals surface area contributed by atoms with Crippen LogP contribution in [0.2, 0.25) is 0 Å². The second kappa shape index (κ2) is 11.2. The first kappa shape index (κ1) is 26.9. The molecule has 2 unspecified atom stereocenters. The van der Waals surface area contributed by atoms with Crippen LogP contribution in [0, 0.1) is 11.3 Å². The summed E-state index contributed by atoms with van der Waals surface area (Å²) in [6.07, 6.45) is 2.38. The van der Waals surface area contributed by atoms with Crippen LogP contribution in [0.4, 0.5) is 0 Å². The van der Waals surface area contributed by atoms with Gasteiger partial charge >= 0.3 is 0 Å². The van der Waals surface area contributed by atoms with Crippen molar-refractivity contribution in [1.82, 2.24) is 10.6 Å². The SMILES string of the molecule is CCNC(=NCC1CCCOC1C(C)(C)C)NCCS(=O)(=O)C(C)(C)C.I. The summed E-state index contributed by atoms with van der Waals surface area (Å²) < 4.78 is 29.8. The quantitative estimate of drug-likeness (QED) is 0.322. The fraction of sp³-hybridized carbons (Fsp3) is 0.947. The number of hydrogen-bond acceptors (Lipinski definition) is 4. The fourth-order valence-electron chi connectivity index (χ4n) is 3.15. The molecule has 2 atom stereocenters. The van der Waals surface area contributed by atoms with E-state index in [2.05, 4.69) is 31.4 Å². The zero-order valence-corrected chi connectivity index (χ0v) is 21.2. The van der Waals surface area contributed by atoms with E-state index in [9.17, 15) is 8.42 Å². The molecule has 0 radical (unpaired) electrons. The van der Waals surface area contributed by atoms with Gasteiger partial charge in [-0.2, -0.15) is 0 Å². The third-order valence-corrected chi connectivity index (χ3v) is 7.33. The van der Waals surface area contributed by atoms with Crippen LogP contribution in [0.5, 0.6) is 0 Å². The monoisotopic (exact) mass is 517 g/mol. The Hall–Kier alpha value is -0.0900. The van der Waals surface area contributed by atoms with E-state index in [0.717, 1.165) is 26.0 Å². The van der Waals surface area contributed by atoms with E-state index in [4.69, 9.17) is 9.73 Å². The molecule has 0 aromatic rings. The Morgan fingerprint density at radius 3 is 2.30 bits per heavy atom. The smallest absolute Gasteiger partial charge is 0.191 e. The van der Waals surface area contributed by atoms with Crippen LogP contribution >= 0.6 is 24.0 Å². The summed E-state index contributed by atoms with van der Waals surface area (Å²) in [6, 6.07) is 0. The van der Waals surface area contributed by atoms with Gasteiger partial charge in [-0.15, -0.1) is 24.0 Å². The van der Waals surface area contributed by atoms with Gasteiger partial charge in [0.1, 0.15) is 0 Å². The fourth-order valence-corrected chi connectivity index (χ4v) is 4.13. The number of sulfone groups is 1. The highest BCUT2D eigenvalue weighted by Crippen LogP contribution is 2.34. The van der Waals surface area contributed by atoms with Crippen molar-refractivity contribution in [3.8, 4) is 0 Å². The molecule has 1 aliphatic heterocycles. The molecule has 27 heavy (non-hydrogen) atoms. The first-order valence-corrected chi connectivity index (χ1v) is 11.4. The number of nitrogens with zero attached hydrogens (tertiary/aromatic N) is 1. The second-order valence-electron chi connectivity index (χ2n) is 9.14. The average Bonchev–Trinajstić information content (AvgIpc) is 2.50. The van der Waals surface area contributed by atoms with Gasteiger partial charge in [0.05, 0.1) is 16.6 Å². The topological polar surface area (TPSA) is 79.8 Å². The number of aliphatic imine (C=N–C) groups is 1. The van der Waals surface area contributed by atoms with Crippen LogP contribution in [0.1, 0.15) is 61.3 Å². The molecule has 1 fully saturated rings. The Kier molecular flexibility index (Phi) is 11.1. The van der Waals surface area contributed by atoms with Gasteiger partial charge in [-0.05, 0) is 46.0 Å². The zero-order chi connectivity index (χ0) is 20.0. The van der Waals surface area contributed by atoms with Crippen molar-refractivity contribution in [1.29, 1.82) is 0 Å². The Balaban J connectivity index is 0.00000676. The van der Waals surface area contributed by atoms with Gasteiger partial charge in [0, 0.05) is 32.2 Å². The van der Waals surface area contributed by atoms with Gasteiger partial charge in [-0.25, -0.2) is 8.42 Å². The lowest BCUT2D eigenvalue weighted by atomic mass is 9.78. The second-order valence-corrected chi connectivity index (χ2v) is 12.0. The maximum atomic E-state index is 12.2. The van der Waals surface area contributed by atoms with E-state index in [1.165, 1.54) is 0 Å². The molecule has 1 saturated heterocycles. The van der Waals surface area contributed by atoms with Crippen molar-refractivity contribution in [2.75, 3.05) is 32.0 Å². The lowest BCUT2D eigenvalue weighted by Crippen LogP contribution is -2.44. The van der Waals surface area contributed by atoms with Crippen LogP contribution < -0.4 is 10.6 Å². The summed E-state index contributed by atoms with van der Waals surface area (Å²) in [4.78, 5) is 4.70. The third-order valence-electron chi connectivity index (χ3n) is 4.72. The highest BCUT2D eigenvalue weighted by atomic mass is 127. The lowest BCUT2D eigenvalue weighted by Gasteiger charge is -2.39. The normalized spacial score (nSPS) is 22.1. The van der Waals surface area contributed by atoms with Gasteiger partial charge in [-0.1, -0.05) is 20.8 Å². The van der Waals surface area contributed by atoms with Crippen molar-refractivity contribution in [3.63, 3.8) is 0 Å². The largest absolute Gasteiger partial charge is 0.377 e. The van der Waals surface area contributed by atoms with E-state index in [1.807, 2.05) is 6.92 Å². The van der Waals surface area contributed by atoms with E-state index < -0.39 is 14.6 Å². The van der Waals surface area contributed by atoms with Crippen molar-refractivity contribution in [2.45, 2.75) is 72.2 Å². The molecule has 1 rings (SSSR count). The molecular weight excluding hydrogens is 477 g/mol. The Bertz CT molecular complexity index is 566. The van der Waals surface area contributed by atoms with Crippen molar-refractivity contribution >= 4 is 39.8 Å². The maximum Gasteiger partial charge on any atom is 0.191 e. The average molecular weight is 518 g/mol. The van der Waals surface area contributed by atoms with Crippen LogP contribution in [0.15, 0.2) is 4.99 Å². The summed E-state index contributed by atoms with van der Waals surface area (Å²) >= 11 is 0. The molecule has 0 spiro atoms. The van der Waals surface area contributed by atoms with E-state index in [-0.39, 0.29) is 41.2 Å². The minimum Gasteiger partial charge on any atom is -0.377 e. The van der Waals surface area contributed by atoms with Crippen molar-refractivity contribution in [3.05, 3.63) is 0 Å². The minimum atomic E-state index is -3.14. The summed E-state index contributed by atoms with van der Waals surface area (Å²) in [5.41, 5.74) is 0.0904. The van der Waals surface area contributed by atoms with Crippen molar-refractivity contribution < 1.29 is 13.2 Å². The summed E-state index contributed by atoms with van der Waals surface area (Å²) in [6.45, 7) is 16.4. The highest BCUT2D eigenvalue weighted by molar-refractivity contribution is 14.0. The van der Waals surface area contributed by atoms with E-state index in [1.54, 1.807) is 20.8 Å². The van der Waals surface area contributed by atoms with Gasteiger partial charge in [0.15, 0.2) is 15.8 Å². The van der Waals surface area contributed by atoms with Gasteiger partial charge in [0.25, 0.3) is 0 Å². The van der Waals surface area contributed by atoms with Crippen LogP contribution in [0.25, 0.3) is 0 Å². The summed E-state index contributed by atoms with van der Waals surface area (Å²) in [7, 11) is -3.14. The molecule has 8 heteroatoms. The van der Waals surface area contributed by atoms with E-state index in [0.29, 0.717) is 25.0 Å². The van der Waals surface area contributed by atoms with Gasteiger partial charge < -0.3 is 15.4 Å². The highest BCUT2D eigenvalue weighted by Gasteiger charge is 2.35. The van der Waals surface area contributed by atoms with Crippen LogP contribution in [0.3, 0.4) is 0 Å². The van der Waals surface area contributed by atoms with Crippen LogP contribution in [-0.4, -0.2) is 57.2 Å². The molecule has 1 aliphatic rings. The Morgan fingerprint density at radius 2 is 1.78 bits per heavy atom. The number of ether oxygens (including phenoxy) is 1. The molecule has 0 bridgehead atoms. The molecule has 0 aromatic heterocycles. The standard InChI is InChI=1S/C19H39N3O3S.HI/c1-8-20-17(21-11-13-26(23,24)19(5,6)7)22-14-15-10-9-12-25-16(15)18(2,3)4;/h15-16H,8-14H2,1-7H3,(H2,20,21,22);1H. The number of nitrogens with one attached hydrogen (secondary N) is 2. The van der Waals surface area contributed by atoms with Crippen LogP contribution in [-0.2, 0) is 14.6 Å². The number of hydrogen-bond donors (Lipinski definition) is 2. The first-order valence-electron chi connectivity index (χ1n) is 9.74. The third kappa shape index (κ3) is 8.85. The molecule has 0 aliphatic carbocycles. The molecule has 0 aromatic carbocycles. The Labute approximate surface area is 183 Å². The molecule has 0 saturated carbocycles. The Morgan fingerprint density at radius 1 is 1.15 bits per heavy atom. The van der Waals surface area contributed by atoms with E-state index >= 15 is 0 Å². The zero-order valence-electron chi connectivity index (χ0n) is 18.1. The molecule has 162 valence electrons. The van der Waals surface area contributed by atoms with Gasteiger partial charge in [0.2, 0.25) is 0 Å². The predicted octanol–water partition coefficient (Wildman–Crippen LogP) is 3.21. The first-order chi connectivity index (χ1) is 11.9. The molecule has 2 N–H and O–H groups in total. The summed E-state index contributed by atoms with van der Waals surface area (Å²) in [5.74, 6) is 1.16. The van der Waals surface area contributed by atoms with Crippen molar-refractivity contribution in [2.24, 2.45) is 16.3 Å². The number of halogens is 1. The lowest BCUT2D eigenvalue weighted by molar-refractivity contribution is -0.0823. The molecular formula is C19H40IN3O3S. The number of guanidine groups is 1. The molecule has 6 nitrogen and oxygen atoms in total. The summed E-state index contributed by atoms with van der Waals surface area (Å²) in [5, 5.41) is 6.36. The molecule has 0 amide bonds. The number of rotatable bonds is 6. The maximum absolute atomic E-state index is 12.2. The minimum absolute atomic E-state index is 0. The predicted molar refractivity (Wildman–Crippen MR) is 125 cm³/mol. The molecule has 1 heterocycles.